The minimum absolute atomic E-state index is 0.00692. The van der Waals surface area contributed by atoms with Gasteiger partial charge < -0.3 is 9.73 Å². The second kappa shape index (κ2) is 6.12. The molecule has 3 rings (SSSR count). The van der Waals surface area contributed by atoms with Gasteiger partial charge in [0.15, 0.2) is 5.58 Å². The zero-order valence-electron chi connectivity index (χ0n) is 13.0. The Bertz CT molecular complexity index is 988. The quantitative estimate of drug-likeness (QED) is 0.781. The lowest BCUT2D eigenvalue weighted by Gasteiger charge is -2.14. The summed E-state index contributed by atoms with van der Waals surface area (Å²) in [5, 5.41) is 2.39. The molecule has 0 saturated carbocycles. The number of aromatic nitrogens is 1. The minimum atomic E-state index is -4.51. The molecule has 1 N–H and O–H groups in total. The number of amides is 1. The van der Waals surface area contributed by atoms with Gasteiger partial charge in [-0.2, -0.15) is 13.2 Å². The lowest BCUT2D eigenvalue weighted by molar-refractivity contribution is -0.137. The first-order valence-electron chi connectivity index (χ1n) is 7.35. The monoisotopic (exact) mass is 350 g/mol. The highest BCUT2D eigenvalue weighted by Gasteiger charge is 2.30. The van der Waals surface area contributed by atoms with E-state index in [0.29, 0.717) is 11.1 Å². The van der Waals surface area contributed by atoms with Crippen LogP contribution < -0.4 is 11.1 Å². The molecule has 0 saturated heterocycles. The number of carbonyl (C=O) groups excluding carboxylic acids is 1. The first kappa shape index (κ1) is 16.8. The van der Waals surface area contributed by atoms with Crippen molar-refractivity contribution in [1.29, 1.82) is 0 Å². The smallest absolute Gasteiger partial charge is 0.408 e. The molecule has 0 aliphatic rings. The third-order valence-electron chi connectivity index (χ3n) is 3.74. The standard InChI is InChI=1S/C17H13F3N2O3/c1-10(22-13-7-2-3-8-14(13)25-16(22)24)15(23)21-12-6-4-5-11(9-12)17(18,19)20/h2-10H,1H3,(H,21,23). The fraction of sp³-hybridized carbons (Fsp3) is 0.176. The van der Waals surface area contributed by atoms with E-state index in [1.54, 1.807) is 24.3 Å². The van der Waals surface area contributed by atoms with Crippen molar-refractivity contribution >= 4 is 22.7 Å². The molecular weight excluding hydrogens is 337 g/mol. The number of anilines is 1. The Hall–Kier alpha value is -3.03. The fourth-order valence-corrected chi connectivity index (χ4v) is 2.49. The Kier molecular flexibility index (Phi) is 4.12. The Morgan fingerprint density at radius 3 is 2.60 bits per heavy atom. The second-order valence-corrected chi connectivity index (χ2v) is 5.45. The van der Waals surface area contributed by atoms with Crippen LogP contribution in [0.1, 0.15) is 18.5 Å². The van der Waals surface area contributed by atoms with E-state index in [1.807, 2.05) is 0 Å². The number of hydrogen-bond acceptors (Lipinski definition) is 3. The van der Waals surface area contributed by atoms with Crippen LogP contribution in [0.15, 0.2) is 57.7 Å². The summed E-state index contributed by atoms with van der Waals surface area (Å²) in [6.45, 7) is 1.46. The van der Waals surface area contributed by atoms with E-state index in [4.69, 9.17) is 4.42 Å². The Morgan fingerprint density at radius 2 is 1.88 bits per heavy atom. The molecule has 25 heavy (non-hydrogen) atoms. The van der Waals surface area contributed by atoms with E-state index in [-0.39, 0.29) is 5.69 Å². The zero-order chi connectivity index (χ0) is 18.2. The summed E-state index contributed by atoms with van der Waals surface area (Å²) in [6, 6.07) is 9.89. The number of fused-ring (bicyclic) bond motifs is 1. The van der Waals surface area contributed by atoms with Crippen molar-refractivity contribution in [1.82, 2.24) is 4.57 Å². The molecule has 1 unspecified atom stereocenters. The molecule has 8 heteroatoms. The number of benzene rings is 2. The van der Waals surface area contributed by atoms with Gasteiger partial charge in [-0.1, -0.05) is 18.2 Å². The molecular formula is C17H13F3N2O3. The summed E-state index contributed by atoms with van der Waals surface area (Å²) in [7, 11) is 0. The zero-order valence-corrected chi connectivity index (χ0v) is 13.0. The number of oxazole rings is 1. The maximum absolute atomic E-state index is 12.7. The van der Waals surface area contributed by atoms with Crippen molar-refractivity contribution in [3.63, 3.8) is 0 Å². The number of rotatable bonds is 3. The molecule has 1 amide bonds. The highest BCUT2D eigenvalue weighted by atomic mass is 19.4. The molecule has 1 atom stereocenters. The van der Waals surface area contributed by atoms with Gasteiger partial charge in [-0.3, -0.25) is 9.36 Å². The fourth-order valence-electron chi connectivity index (χ4n) is 2.49. The molecule has 3 aromatic rings. The molecule has 0 aliphatic heterocycles. The number of nitrogens with zero attached hydrogens (tertiary/aromatic N) is 1. The van der Waals surface area contributed by atoms with Crippen LogP contribution in [0.5, 0.6) is 0 Å². The van der Waals surface area contributed by atoms with Gasteiger partial charge in [0.2, 0.25) is 5.91 Å². The predicted octanol–water partition coefficient (Wildman–Crippen LogP) is 3.81. The summed E-state index contributed by atoms with van der Waals surface area (Å²) in [4.78, 5) is 24.4. The highest BCUT2D eigenvalue weighted by Crippen LogP contribution is 2.30. The van der Waals surface area contributed by atoms with Gasteiger partial charge >= 0.3 is 11.9 Å². The van der Waals surface area contributed by atoms with Gasteiger partial charge in [0.25, 0.3) is 0 Å². The van der Waals surface area contributed by atoms with E-state index in [1.165, 1.54) is 19.1 Å². The van der Waals surface area contributed by atoms with Crippen LogP contribution >= 0.6 is 0 Å². The van der Waals surface area contributed by atoms with Crippen LogP contribution in [-0.4, -0.2) is 10.5 Å². The number of carbonyl (C=O) groups is 1. The molecule has 0 bridgehead atoms. The molecule has 0 radical (unpaired) electrons. The summed E-state index contributed by atoms with van der Waals surface area (Å²) in [5.74, 6) is -1.35. The van der Waals surface area contributed by atoms with Gasteiger partial charge in [-0.15, -0.1) is 0 Å². The number of alkyl halides is 3. The third-order valence-corrected chi connectivity index (χ3v) is 3.74. The first-order valence-corrected chi connectivity index (χ1v) is 7.35. The number of nitrogens with one attached hydrogen (secondary N) is 1. The van der Waals surface area contributed by atoms with Crippen LogP contribution in [-0.2, 0) is 11.0 Å². The molecule has 0 spiro atoms. The molecule has 5 nitrogen and oxygen atoms in total. The van der Waals surface area contributed by atoms with Crippen LogP contribution in [0.2, 0.25) is 0 Å². The van der Waals surface area contributed by atoms with E-state index in [0.717, 1.165) is 16.7 Å². The molecule has 0 fully saturated rings. The van der Waals surface area contributed by atoms with Crippen molar-refractivity contribution < 1.29 is 22.4 Å². The summed E-state index contributed by atoms with van der Waals surface area (Å²) in [6.07, 6.45) is -4.51. The maximum Gasteiger partial charge on any atom is 0.420 e. The predicted molar refractivity (Wildman–Crippen MR) is 85.3 cm³/mol. The van der Waals surface area contributed by atoms with E-state index in [2.05, 4.69) is 5.32 Å². The first-order chi connectivity index (χ1) is 11.8. The summed E-state index contributed by atoms with van der Waals surface area (Å²) < 4.78 is 44.4. The van der Waals surface area contributed by atoms with Crippen LogP contribution in [0.4, 0.5) is 18.9 Å². The summed E-state index contributed by atoms with van der Waals surface area (Å²) in [5.41, 5.74) is -0.123. The van der Waals surface area contributed by atoms with Gasteiger partial charge in [0, 0.05) is 5.69 Å². The average molecular weight is 350 g/mol. The minimum Gasteiger partial charge on any atom is -0.408 e. The van der Waals surface area contributed by atoms with Crippen molar-refractivity contribution in [3.05, 3.63) is 64.6 Å². The second-order valence-electron chi connectivity index (χ2n) is 5.45. The molecule has 1 heterocycles. The normalized spacial score (nSPS) is 13.0. The largest absolute Gasteiger partial charge is 0.420 e. The van der Waals surface area contributed by atoms with E-state index >= 15 is 0 Å². The Balaban J connectivity index is 1.88. The Labute approximate surface area is 139 Å². The average Bonchev–Trinajstić information content (AvgIpc) is 2.89. The number of hydrogen-bond donors (Lipinski definition) is 1. The molecule has 1 aromatic heterocycles. The van der Waals surface area contributed by atoms with E-state index in [9.17, 15) is 22.8 Å². The Morgan fingerprint density at radius 1 is 1.16 bits per heavy atom. The van der Waals surface area contributed by atoms with Crippen molar-refractivity contribution in [2.24, 2.45) is 0 Å². The highest BCUT2D eigenvalue weighted by molar-refractivity contribution is 5.94. The van der Waals surface area contributed by atoms with Crippen molar-refractivity contribution in [2.45, 2.75) is 19.1 Å². The van der Waals surface area contributed by atoms with Crippen LogP contribution in [0.3, 0.4) is 0 Å². The summed E-state index contributed by atoms with van der Waals surface area (Å²) >= 11 is 0. The third kappa shape index (κ3) is 3.28. The lowest BCUT2D eigenvalue weighted by atomic mass is 10.2. The van der Waals surface area contributed by atoms with Gasteiger partial charge in [-0.05, 0) is 37.3 Å². The van der Waals surface area contributed by atoms with Crippen molar-refractivity contribution in [3.8, 4) is 0 Å². The van der Waals surface area contributed by atoms with Crippen molar-refractivity contribution in [2.75, 3.05) is 5.32 Å². The number of halogens is 3. The molecule has 2 aromatic carbocycles. The van der Waals surface area contributed by atoms with Gasteiger partial charge in [0.05, 0.1) is 11.1 Å². The molecule has 0 aliphatic carbocycles. The van der Waals surface area contributed by atoms with E-state index < -0.39 is 29.4 Å². The molecule has 130 valence electrons. The van der Waals surface area contributed by atoms with Gasteiger partial charge in [-0.25, -0.2) is 4.79 Å². The topological polar surface area (TPSA) is 64.2 Å². The lowest BCUT2D eigenvalue weighted by Crippen LogP contribution is -2.29. The van der Waals surface area contributed by atoms with Gasteiger partial charge in [0.1, 0.15) is 6.04 Å². The van der Waals surface area contributed by atoms with Crippen LogP contribution in [0.25, 0.3) is 11.1 Å². The SMILES string of the molecule is CC(C(=O)Nc1cccc(C(F)(F)F)c1)n1c(=O)oc2ccccc21. The van der Waals surface area contributed by atoms with Crippen LogP contribution in [0, 0.1) is 0 Å². The maximum atomic E-state index is 12.7. The number of para-hydroxylation sites is 2.